The summed E-state index contributed by atoms with van der Waals surface area (Å²) in [5.41, 5.74) is 10.1. The monoisotopic (exact) mass is 243 g/mol. The van der Waals surface area contributed by atoms with E-state index >= 15 is 0 Å². The summed E-state index contributed by atoms with van der Waals surface area (Å²) < 4.78 is 0. The first-order chi connectivity index (χ1) is 8.40. The first kappa shape index (κ1) is 11.0. The third-order valence-electron chi connectivity index (χ3n) is 3.73. The molecule has 0 aliphatic heterocycles. The van der Waals surface area contributed by atoms with Crippen LogP contribution in [-0.2, 0) is 6.54 Å². The summed E-state index contributed by atoms with van der Waals surface area (Å²) in [6.07, 6.45) is 4.07. The molecule has 17 heavy (non-hydrogen) atoms. The molecule has 1 heterocycles. The van der Waals surface area contributed by atoms with E-state index in [1.54, 1.807) is 11.3 Å². The molecule has 1 fully saturated rings. The van der Waals surface area contributed by atoms with Gasteiger partial charge in [0.15, 0.2) is 0 Å². The average molecular weight is 243 g/mol. The van der Waals surface area contributed by atoms with Crippen LogP contribution in [0.5, 0.6) is 0 Å². The van der Waals surface area contributed by atoms with Crippen molar-refractivity contribution in [2.24, 2.45) is 5.73 Å². The van der Waals surface area contributed by atoms with Gasteiger partial charge in [0.1, 0.15) is 0 Å². The van der Waals surface area contributed by atoms with Gasteiger partial charge in [-0.3, -0.25) is 0 Å². The number of benzene rings is 1. The first-order valence-corrected chi connectivity index (χ1v) is 7.14. The molecule has 1 saturated carbocycles. The maximum atomic E-state index is 5.82. The van der Waals surface area contributed by atoms with Gasteiger partial charge >= 0.3 is 0 Å². The van der Waals surface area contributed by atoms with Crippen molar-refractivity contribution < 1.29 is 0 Å². The number of rotatable bonds is 3. The smallest absolute Gasteiger partial charge is 0.0280 e. The van der Waals surface area contributed by atoms with Gasteiger partial charge in [-0.1, -0.05) is 30.7 Å². The first-order valence-electron chi connectivity index (χ1n) is 6.26. The van der Waals surface area contributed by atoms with Crippen LogP contribution < -0.4 is 5.73 Å². The molecule has 2 heteroatoms. The number of hydrogen-bond donors (Lipinski definition) is 1. The topological polar surface area (TPSA) is 26.0 Å². The fourth-order valence-electron chi connectivity index (χ4n) is 2.56. The van der Waals surface area contributed by atoms with Crippen LogP contribution in [0.25, 0.3) is 11.1 Å². The zero-order valence-corrected chi connectivity index (χ0v) is 10.7. The van der Waals surface area contributed by atoms with Gasteiger partial charge in [-0.2, -0.15) is 0 Å². The molecular formula is C15H17NS. The van der Waals surface area contributed by atoms with Crippen LogP contribution in [-0.4, -0.2) is 0 Å². The van der Waals surface area contributed by atoms with Gasteiger partial charge in [-0.05, 0) is 46.9 Å². The molecule has 88 valence electrons. The largest absolute Gasteiger partial charge is 0.326 e. The molecule has 0 saturated heterocycles. The van der Waals surface area contributed by atoms with Crippen LogP contribution >= 0.6 is 11.3 Å². The van der Waals surface area contributed by atoms with Crippen LogP contribution in [0, 0.1) is 0 Å². The van der Waals surface area contributed by atoms with E-state index in [9.17, 15) is 0 Å². The molecule has 1 aromatic heterocycles. The molecule has 1 aliphatic carbocycles. The Bertz CT molecular complexity index is 511. The Morgan fingerprint density at radius 1 is 1.12 bits per heavy atom. The van der Waals surface area contributed by atoms with Crippen LogP contribution in [0.1, 0.15) is 35.6 Å². The van der Waals surface area contributed by atoms with Gasteiger partial charge in [0.05, 0.1) is 0 Å². The lowest BCUT2D eigenvalue weighted by atomic mass is 9.77. The minimum atomic E-state index is 0.645. The fraction of sp³-hybridized carbons (Fsp3) is 0.333. The van der Waals surface area contributed by atoms with E-state index in [4.69, 9.17) is 5.73 Å². The van der Waals surface area contributed by atoms with Crippen molar-refractivity contribution in [1.82, 2.24) is 0 Å². The SMILES string of the molecule is NCc1sccc1-c1ccccc1C1CCC1. The van der Waals surface area contributed by atoms with E-state index in [0.29, 0.717) is 6.54 Å². The van der Waals surface area contributed by atoms with E-state index in [1.807, 2.05) is 0 Å². The van der Waals surface area contributed by atoms with Gasteiger partial charge < -0.3 is 5.73 Å². The Morgan fingerprint density at radius 2 is 1.94 bits per heavy atom. The zero-order valence-electron chi connectivity index (χ0n) is 9.86. The van der Waals surface area contributed by atoms with Crippen molar-refractivity contribution in [2.45, 2.75) is 31.7 Å². The lowest BCUT2D eigenvalue weighted by Gasteiger charge is -2.28. The molecule has 1 aliphatic rings. The quantitative estimate of drug-likeness (QED) is 0.861. The molecule has 1 aromatic carbocycles. The fourth-order valence-corrected chi connectivity index (χ4v) is 3.33. The highest BCUT2D eigenvalue weighted by molar-refractivity contribution is 7.10. The Kier molecular flexibility index (Phi) is 3.00. The Morgan fingerprint density at radius 3 is 2.65 bits per heavy atom. The third kappa shape index (κ3) is 1.92. The van der Waals surface area contributed by atoms with E-state index in [-0.39, 0.29) is 0 Å². The second-order valence-electron chi connectivity index (χ2n) is 4.68. The van der Waals surface area contributed by atoms with E-state index in [2.05, 4.69) is 35.7 Å². The minimum Gasteiger partial charge on any atom is -0.326 e. The Hall–Kier alpha value is -1.12. The van der Waals surface area contributed by atoms with Crippen LogP contribution in [0.15, 0.2) is 35.7 Å². The van der Waals surface area contributed by atoms with Crippen molar-refractivity contribution >= 4 is 11.3 Å². The van der Waals surface area contributed by atoms with Crippen molar-refractivity contribution in [3.63, 3.8) is 0 Å². The molecular weight excluding hydrogens is 226 g/mol. The molecule has 1 nitrogen and oxygen atoms in total. The molecule has 0 radical (unpaired) electrons. The second-order valence-corrected chi connectivity index (χ2v) is 5.68. The normalized spacial score (nSPS) is 15.8. The zero-order chi connectivity index (χ0) is 11.7. The van der Waals surface area contributed by atoms with Crippen molar-refractivity contribution in [1.29, 1.82) is 0 Å². The number of thiophene rings is 1. The van der Waals surface area contributed by atoms with E-state index < -0.39 is 0 Å². The second kappa shape index (κ2) is 4.63. The van der Waals surface area contributed by atoms with Crippen LogP contribution in [0.4, 0.5) is 0 Å². The predicted octanol–water partition coefficient (Wildman–Crippen LogP) is 4.14. The lowest BCUT2D eigenvalue weighted by Crippen LogP contribution is -2.10. The standard InChI is InChI=1S/C15H17NS/c16-10-15-14(8-9-17-15)13-7-2-1-6-12(13)11-4-3-5-11/h1-2,6-9,11H,3-5,10,16H2. The number of nitrogens with two attached hydrogens (primary N) is 1. The molecule has 0 spiro atoms. The van der Waals surface area contributed by atoms with Gasteiger partial charge in [0, 0.05) is 11.4 Å². The average Bonchev–Trinajstić information content (AvgIpc) is 2.75. The van der Waals surface area contributed by atoms with Gasteiger partial charge in [-0.25, -0.2) is 0 Å². The molecule has 2 N–H and O–H groups in total. The van der Waals surface area contributed by atoms with E-state index in [0.717, 1.165) is 5.92 Å². The molecule has 0 bridgehead atoms. The van der Waals surface area contributed by atoms with E-state index in [1.165, 1.54) is 40.8 Å². The predicted molar refractivity (Wildman–Crippen MR) is 74.2 cm³/mol. The summed E-state index contributed by atoms with van der Waals surface area (Å²) in [5, 5.41) is 2.15. The molecule has 0 atom stereocenters. The highest BCUT2D eigenvalue weighted by Gasteiger charge is 2.22. The van der Waals surface area contributed by atoms with Gasteiger partial charge in [0.2, 0.25) is 0 Å². The maximum Gasteiger partial charge on any atom is 0.0280 e. The lowest BCUT2D eigenvalue weighted by molar-refractivity contribution is 0.420. The third-order valence-corrected chi connectivity index (χ3v) is 4.67. The summed E-state index contributed by atoms with van der Waals surface area (Å²) >= 11 is 1.77. The Labute approximate surface area is 106 Å². The molecule has 3 rings (SSSR count). The summed E-state index contributed by atoms with van der Waals surface area (Å²) in [4.78, 5) is 1.30. The van der Waals surface area contributed by atoms with Crippen molar-refractivity contribution in [2.75, 3.05) is 0 Å². The summed E-state index contributed by atoms with van der Waals surface area (Å²) in [6, 6.07) is 11.0. The van der Waals surface area contributed by atoms with Crippen LogP contribution in [0.3, 0.4) is 0 Å². The highest BCUT2D eigenvalue weighted by atomic mass is 32.1. The number of hydrogen-bond acceptors (Lipinski definition) is 2. The maximum absolute atomic E-state index is 5.82. The van der Waals surface area contributed by atoms with Crippen molar-refractivity contribution in [3.8, 4) is 11.1 Å². The van der Waals surface area contributed by atoms with Crippen molar-refractivity contribution in [3.05, 3.63) is 46.2 Å². The molecule has 0 amide bonds. The van der Waals surface area contributed by atoms with Crippen LogP contribution in [0.2, 0.25) is 0 Å². The Balaban J connectivity index is 2.07. The summed E-state index contributed by atoms with van der Waals surface area (Å²) in [6.45, 7) is 0.645. The minimum absolute atomic E-state index is 0.645. The van der Waals surface area contributed by atoms with Gasteiger partial charge in [-0.15, -0.1) is 11.3 Å². The molecule has 2 aromatic rings. The van der Waals surface area contributed by atoms with Gasteiger partial charge in [0.25, 0.3) is 0 Å². The summed E-state index contributed by atoms with van der Waals surface area (Å²) in [7, 11) is 0. The molecule has 0 unspecified atom stereocenters. The summed E-state index contributed by atoms with van der Waals surface area (Å²) in [5.74, 6) is 0.775. The highest BCUT2D eigenvalue weighted by Crippen LogP contribution is 2.42.